The molecule has 0 amide bonds. The summed E-state index contributed by atoms with van der Waals surface area (Å²) in [5.41, 5.74) is 0. The molecular formula is C75H128O6. The third-order valence-corrected chi connectivity index (χ3v) is 14.7. The van der Waals surface area contributed by atoms with Gasteiger partial charge in [-0.1, -0.05) is 291 Å². The second-order valence-electron chi connectivity index (χ2n) is 22.7. The van der Waals surface area contributed by atoms with Crippen LogP contribution in [0.5, 0.6) is 0 Å². The van der Waals surface area contributed by atoms with E-state index in [4.69, 9.17) is 14.2 Å². The summed E-state index contributed by atoms with van der Waals surface area (Å²) in [4.78, 5) is 38.5. The second-order valence-corrected chi connectivity index (χ2v) is 22.7. The van der Waals surface area contributed by atoms with Gasteiger partial charge < -0.3 is 14.2 Å². The molecule has 0 N–H and O–H groups in total. The highest BCUT2D eigenvalue weighted by Gasteiger charge is 2.19. The topological polar surface area (TPSA) is 78.9 Å². The Labute approximate surface area is 501 Å². The minimum Gasteiger partial charge on any atom is -0.462 e. The molecule has 0 aromatic heterocycles. The van der Waals surface area contributed by atoms with E-state index >= 15 is 0 Å². The molecule has 0 saturated heterocycles. The molecule has 0 aromatic rings. The van der Waals surface area contributed by atoms with Crippen molar-refractivity contribution < 1.29 is 28.6 Å². The van der Waals surface area contributed by atoms with Crippen molar-refractivity contribution >= 4 is 17.9 Å². The normalized spacial score (nSPS) is 12.8. The number of allylic oxidation sites excluding steroid dienone is 18. The van der Waals surface area contributed by atoms with E-state index in [-0.39, 0.29) is 31.1 Å². The first kappa shape index (κ1) is 77.1. The third-order valence-electron chi connectivity index (χ3n) is 14.7. The molecular weight excluding hydrogens is 997 g/mol. The van der Waals surface area contributed by atoms with E-state index in [0.29, 0.717) is 19.3 Å². The minimum absolute atomic E-state index is 0.0908. The summed E-state index contributed by atoms with van der Waals surface area (Å²) in [5.74, 6) is -0.912. The summed E-state index contributed by atoms with van der Waals surface area (Å²) in [6.45, 7) is 6.51. The standard InChI is InChI=1S/C75H128O6/c1-4-7-10-13-16-19-22-25-28-31-34-36-37-39-41-44-47-50-53-56-59-62-65-68-74(77)80-71-72(70-79-73(76)67-64-61-58-55-52-49-46-43-40-33-30-27-24-21-18-15-12-9-6-3)81-75(78)69-66-63-60-57-54-51-48-45-42-38-35-32-29-26-23-20-17-14-11-8-5-2/h8,11,17-18,20-21,26-27,29-31,34-35,38,40,43,45,48,72H,4-7,9-10,12-16,19,22-25,28,32-33,36-37,39,41-42,44,46-47,49-71H2,1-3H3/b11-8-,20-17-,21-18-,29-26-,30-27-,34-31-,38-35-,43-40-,48-45-. The second kappa shape index (κ2) is 68.6. The molecule has 0 bridgehead atoms. The van der Waals surface area contributed by atoms with Gasteiger partial charge in [-0.05, 0) is 128 Å². The van der Waals surface area contributed by atoms with Crippen LogP contribution in [0.1, 0.15) is 329 Å². The maximum absolute atomic E-state index is 13.0. The molecule has 81 heavy (non-hydrogen) atoms. The van der Waals surface area contributed by atoms with Crippen LogP contribution in [-0.2, 0) is 28.6 Å². The zero-order valence-electron chi connectivity index (χ0n) is 53.3. The molecule has 0 aliphatic heterocycles. The van der Waals surface area contributed by atoms with Crippen LogP contribution < -0.4 is 0 Å². The first-order chi connectivity index (χ1) is 40.0. The number of hydrogen-bond donors (Lipinski definition) is 0. The molecule has 0 radical (unpaired) electrons. The van der Waals surface area contributed by atoms with Crippen molar-refractivity contribution in [2.45, 2.75) is 335 Å². The summed E-state index contributed by atoms with van der Waals surface area (Å²) in [5, 5.41) is 0. The van der Waals surface area contributed by atoms with Crippen LogP contribution in [0.3, 0.4) is 0 Å². The zero-order valence-corrected chi connectivity index (χ0v) is 53.3. The van der Waals surface area contributed by atoms with Crippen molar-refractivity contribution in [1.29, 1.82) is 0 Å². The maximum Gasteiger partial charge on any atom is 0.306 e. The molecule has 0 spiro atoms. The Bertz CT molecular complexity index is 1620. The lowest BCUT2D eigenvalue weighted by Crippen LogP contribution is -2.30. The molecule has 0 aliphatic carbocycles. The van der Waals surface area contributed by atoms with E-state index in [1.807, 2.05) is 0 Å². The van der Waals surface area contributed by atoms with Gasteiger partial charge in [0.05, 0.1) is 0 Å². The van der Waals surface area contributed by atoms with E-state index in [2.05, 4.69) is 130 Å². The summed E-state index contributed by atoms with van der Waals surface area (Å²) in [7, 11) is 0. The maximum atomic E-state index is 13.0. The smallest absolute Gasteiger partial charge is 0.306 e. The molecule has 6 nitrogen and oxygen atoms in total. The number of hydrogen-bond acceptors (Lipinski definition) is 6. The average molecular weight is 1130 g/mol. The average Bonchev–Trinajstić information content (AvgIpc) is 3.47. The molecule has 0 fully saturated rings. The van der Waals surface area contributed by atoms with E-state index in [1.165, 1.54) is 161 Å². The number of unbranched alkanes of at least 4 members (excludes halogenated alkanes) is 33. The summed E-state index contributed by atoms with van der Waals surface area (Å²) in [6.07, 6.45) is 93.8. The first-order valence-corrected chi connectivity index (χ1v) is 34.4. The van der Waals surface area contributed by atoms with E-state index < -0.39 is 6.10 Å². The Kier molecular flexibility index (Phi) is 65.2. The monoisotopic (exact) mass is 1120 g/mol. The van der Waals surface area contributed by atoms with Gasteiger partial charge in [0.15, 0.2) is 6.10 Å². The summed E-state index contributed by atoms with van der Waals surface area (Å²) in [6, 6.07) is 0. The number of carbonyl (C=O) groups is 3. The molecule has 0 aliphatic rings. The fourth-order valence-corrected chi connectivity index (χ4v) is 9.59. The molecule has 1 unspecified atom stereocenters. The van der Waals surface area contributed by atoms with Crippen LogP contribution in [0.15, 0.2) is 109 Å². The minimum atomic E-state index is -0.799. The number of esters is 3. The lowest BCUT2D eigenvalue weighted by Gasteiger charge is -2.18. The van der Waals surface area contributed by atoms with Crippen LogP contribution >= 0.6 is 0 Å². The van der Waals surface area contributed by atoms with Gasteiger partial charge in [0.25, 0.3) is 0 Å². The first-order valence-electron chi connectivity index (χ1n) is 34.4. The Morgan fingerprint density at radius 2 is 0.481 bits per heavy atom. The fourth-order valence-electron chi connectivity index (χ4n) is 9.59. The van der Waals surface area contributed by atoms with Crippen molar-refractivity contribution in [3.8, 4) is 0 Å². The zero-order chi connectivity index (χ0) is 58.5. The highest BCUT2D eigenvalue weighted by atomic mass is 16.6. The van der Waals surface area contributed by atoms with Gasteiger partial charge in [-0.25, -0.2) is 0 Å². The highest BCUT2D eigenvalue weighted by Crippen LogP contribution is 2.16. The Morgan fingerprint density at radius 1 is 0.259 bits per heavy atom. The predicted octanol–water partition coefficient (Wildman–Crippen LogP) is 23.8. The predicted molar refractivity (Wildman–Crippen MR) is 353 cm³/mol. The van der Waals surface area contributed by atoms with Gasteiger partial charge in [0.1, 0.15) is 13.2 Å². The van der Waals surface area contributed by atoms with Crippen LogP contribution in [-0.4, -0.2) is 37.2 Å². The van der Waals surface area contributed by atoms with Gasteiger partial charge >= 0.3 is 17.9 Å². The lowest BCUT2D eigenvalue weighted by molar-refractivity contribution is -0.167. The SMILES string of the molecule is CC/C=C\C/C=C\C/C=C\C/C=C\C/C=C\CCCCCCCC(=O)OC(COC(=O)CCCCCCCC/C=C\C/C=C\C/C=C\CCCCC)COC(=O)CCCCCCCCCCCCC/C=C\CCCCCCCCCC. The van der Waals surface area contributed by atoms with Crippen molar-refractivity contribution in [1.82, 2.24) is 0 Å². The van der Waals surface area contributed by atoms with Crippen molar-refractivity contribution in [3.63, 3.8) is 0 Å². The fraction of sp³-hybridized carbons (Fsp3) is 0.720. The Hall–Kier alpha value is -3.93. The van der Waals surface area contributed by atoms with Crippen LogP contribution in [0.2, 0.25) is 0 Å². The molecule has 464 valence electrons. The summed E-state index contributed by atoms with van der Waals surface area (Å²) < 4.78 is 17.0. The Morgan fingerprint density at radius 3 is 0.790 bits per heavy atom. The number of rotatable bonds is 62. The van der Waals surface area contributed by atoms with Gasteiger partial charge in [0, 0.05) is 19.3 Å². The molecule has 0 saturated carbocycles. The van der Waals surface area contributed by atoms with Gasteiger partial charge in [-0.3, -0.25) is 14.4 Å². The van der Waals surface area contributed by atoms with Gasteiger partial charge in [0.2, 0.25) is 0 Å². The van der Waals surface area contributed by atoms with Crippen molar-refractivity contribution in [2.75, 3.05) is 13.2 Å². The van der Waals surface area contributed by atoms with Crippen molar-refractivity contribution in [3.05, 3.63) is 109 Å². The number of ether oxygens (including phenoxy) is 3. The highest BCUT2D eigenvalue weighted by molar-refractivity contribution is 5.71. The molecule has 6 heteroatoms. The van der Waals surface area contributed by atoms with E-state index in [1.54, 1.807) is 0 Å². The quantitative estimate of drug-likeness (QED) is 0.0261. The van der Waals surface area contributed by atoms with E-state index in [9.17, 15) is 14.4 Å². The Balaban J connectivity index is 4.43. The molecule has 0 rings (SSSR count). The molecule has 0 heterocycles. The summed E-state index contributed by atoms with van der Waals surface area (Å²) >= 11 is 0. The number of carbonyl (C=O) groups excluding carboxylic acids is 3. The van der Waals surface area contributed by atoms with Gasteiger partial charge in [-0.2, -0.15) is 0 Å². The van der Waals surface area contributed by atoms with Crippen molar-refractivity contribution in [2.24, 2.45) is 0 Å². The lowest BCUT2D eigenvalue weighted by atomic mass is 10.0. The molecule has 1 atom stereocenters. The largest absolute Gasteiger partial charge is 0.462 e. The van der Waals surface area contributed by atoms with Crippen LogP contribution in [0, 0.1) is 0 Å². The molecule has 0 aromatic carbocycles. The van der Waals surface area contributed by atoms with Crippen LogP contribution in [0.4, 0.5) is 0 Å². The van der Waals surface area contributed by atoms with E-state index in [0.717, 1.165) is 128 Å². The van der Waals surface area contributed by atoms with Gasteiger partial charge in [-0.15, -0.1) is 0 Å². The van der Waals surface area contributed by atoms with Crippen LogP contribution in [0.25, 0.3) is 0 Å². The third kappa shape index (κ3) is 66.8.